The molecule has 1 aliphatic rings. The van der Waals surface area contributed by atoms with E-state index in [0.29, 0.717) is 24.0 Å². The fraction of sp³-hybridized carbons (Fsp3) is 0.500. The van der Waals surface area contributed by atoms with Gasteiger partial charge in [-0.3, -0.25) is 4.79 Å². The Kier molecular flexibility index (Phi) is 3.45. The third-order valence-electron chi connectivity index (χ3n) is 2.88. The molecule has 0 aromatic rings. The van der Waals surface area contributed by atoms with Gasteiger partial charge in [0.15, 0.2) is 5.78 Å². The minimum atomic E-state index is -0.396. The molecule has 1 aliphatic carbocycles. The fourth-order valence-electron chi connectivity index (χ4n) is 1.72. The minimum Gasteiger partial charge on any atom is -0.466 e. The molecule has 82 valence electrons. The second-order valence-corrected chi connectivity index (χ2v) is 3.97. The summed E-state index contributed by atoms with van der Waals surface area (Å²) in [5.41, 5.74) is 1.98. The number of hydrogen-bond acceptors (Lipinski definition) is 3. The van der Waals surface area contributed by atoms with Crippen molar-refractivity contribution >= 4 is 11.8 Å². The predicted octanol–water partition coefficient (Wildman–Crippen LogP) is 2.03. The highest BCUT2D eigenvalue weighted by Crippen LogP contribution is 2.31. The molecule has 1 rings (SSSR count). The first-order chi connectivity index (χ1) is 6.97. The van der Waals surface area contributed by atoms with Crippen molar-refractivity contribution in [2.75, 3.05) is 7.11 Å². The molecule has 0 aromatic heterocycles. The Morgan fingerprint density at radius 1 is 1.47 bits per heavy atom. The van der Waals surface area contributed by atoms with Crippen LogP contribution in [0.2, 0.25) is 0 Å². The lowest BCUT2D eigenvalue weighted by atomic mass is 9.80. The summed E-state index contributed by atoms with van der Waals surface area (Å²) >= 11 is 0. The van der Waals surface area contributed by atoms with Gasteiger partial charge in [0, 0.05) is 17.6 Å². The average molecular weight is 208 g/mol. The lowest BCUT2D eigenvalue weighted by molar-refractivity contribution is -0.137. The molecule has 3 nitrogen and oxygen atoms in total. The molecule has 3 heteroatoms. The summed E-state index contributed by atoms with van der Waals surface area (Å²) < 4.78 is 4.66. The summed E-state index contributed by atoms with van der Waals surface area (Å²) in [6, 6.07) is 0. The molecule has 0 bridgehead atoms. The van der Waals surface area contributed by atoms with E-state index in [2.05, 4.69) is 11.3 Å². The second-order valence-electron chi connectivity index (χ2n) is 3.97. The van der Waals surface area contributed by atoms with Crippen molar-refractivity contribution in [2.45, 2.75) is 26.7 Å². The fourth-order valence-corrected chi connectivity index (χ4v) is 1.72. The predicted molar refractivity (Wildman–Crippen MR) is 57.3 cm³/mol. The van der Waals surface area contributed by atoms with Gasteiger partial charge in [0.1, 0.15) is 0 Å². The standard InChI is InChI=1S/C12H16O3/c1-7(2)9-5-10(12(14)15-4)8(3)11(13)6-9/h9H,1,5-6H2,2-4H3. The highest BCUT2D eigenvalue weighted by Gasteiger charge is 2.29. The van der Waals surface area contributed by atoms with E-state index in [1.54, 1.807) is 6.92 Å². The second kappa shape index (κ2) is 4.43. The summed E-state index contributed by atoms with van der Waals surface area (Å²) in [5.74, 6) is -0.295. The third-order valence-corrected chi connectivity index (χ3v) is 2.88. The van der Waals surface area contributed by atoms with Crippen LogP contribution < -0.4 is 0 Å². The zero-order valence-electron chi connectivity index (χ0n) is 9.42. The molecule has 0 aromatic carbocycles. The van der Waals surface area contributed by atoms with Crippen molar-refractivity contribution in [1.82, 2.24) is 0 Å². The number of Topliss-reactive ketones (excluding diaryl/α,β-unsaturated/α-hetero) is 1. The lowest BCUT2D eigenvalue weighted by Crippen LogP contribution is -2.23. The quantitative estimate of drug-likeness (QED) is 0.515. The number of methoxy groups -OCH3 is 1. The topological polar surface area (TPSA) is 43.4 Å². The number of rotatable bonds is 2. The molecule has 0 aliphatic heterocycles. The molecule has 1 atom stereocenters. The first-order valence-corrected chi connectivity index (χ1v) is 4.94. The van der Waals surface area contributed by atoms with Gasteiger partial charge in [-0.1, -0.05) is 12.2 Å². The first kappa shape index (κ1) is 11.7. The molecular weight excluding hydrogens is 192 g/mol. The van der Waals surface area contributed by atoms with Crippen LogP contribution in [0, 0.1) is 5.92 Å². The van der Waals surface area contributed by atoms with Gasteiger partial charge in [-0.25, -0.2) is 4.79 Å². The molecule has 0 fully saturated rings. The van der Waals surface area contributed by atoms with E-state index in [-0.39, 0.29) is 11.7 Å². The van der Waals surface area contributed by atoms with Crippen LogP contribution in [0.4, 0.5) is 0 Å². The molecule has 0 spiro atoms. The Morgan fingerprint density at radius 2 is 2.07 bits per heavy atom. The zero-order chi connectivity index (χ0) is 11.6. The molecule has 0 saturated carbocycles. The average Bonchev–Trinajstić information content (AvgIpc) is 2.20. The third kappa shape index (κ3) is 2.35. The van der Waals surface area contributed by atoms with Crippen molar-refractivity contribution in [1.29, 1.82) is 0 Å². The first-order valence-electron chi connectivity index (χ1n) is 4.94. The van der Waals surface area contributed by atoms with Crippen LogP contribution in [0.5, 0.6) is 0 Å². The summed E-state index contributed by atoms with van der Waals surface area (Å²) in [6.07, 6.45) is 1.03. The van der Waals surface area contributed by atoms with Crippen LogP contribution in [0.15, 0.2) is 23.3 Å². The number of allylic oxidation sites excluding steroid dienone is 2. The van der Waals surface area contributed by atoms with Gasteiger partial charge in [0.2, 0.25) is 0 Å². The highest BCUT2D eigenvalue weighted by atomic mass is 16.5. The molecular formula is C12H16O3. The van der Waals surface area contributed by atoms with E-state index in [0.717, 1.165) is 5.57 Å². The summed E-state index contributed by atoms with van der Waals surface area (Å²) in [4.78, 5) is 23.1. The molecule has 0 heterocycles. The molecule has 0 amide bonds. The molecule has 0 N–H and O–H groups in total. The molecule has 15 heavy (non-hydrogen) atoms. The molecule has 0 radical (unpaired) electrons. The smallest absolute Gasteiger partial charge is 0.334 e. The van der Waals surface area contributed by atoms with Crippen LogP contribution in [-0.2, 0) is 14.3 Å². The maximum Gasteiger partial charge on any atom is 0.334 e. The van der Waals surface area contributed by atoms with Crippen molar-refractivity contribution in [2.24, 2.45) is 5.92 Å². The Bertz CT molecular complexity index is 350. The van der Waals surface area contributed by atoms with Crippen molar-refractivity contribution in [3.05, 3.63) is 23.3 Å². The monoisotopic (exact) mass is 208 g/mol. The van der Waals surface area contributed by atoms with E-state index >= 15 is 0 Å². The van der Waals surface area contributed by atoms with Gasteiger partial charge in [-0.15, -0.1) is 0 Å². The van der Waals surface area contributed by atoms with Gasteiger partial charge in [0.05, 0.1) is 7.11 Å². The lowest BCUT2D eigenvalue weighted by Gasteiger charge is -2.23. The van der Waals surface area contributed by atoms with Crippen molar-refractivity contribution in [3.8, 4) is 0 Å². The van der Waals surface area contributed by atoms with E-state index in [1.165, 1.54) is 7.11 Å². The van der Waals surface area contributed by atoms with Crippen molar-refractivity contribution in [3.63, 3.8) is 0 Å². The Hall–Kier alpha value is -1.38. The summed E-state index contributed by atoms with van der Waals surface area (Å²) in [6.45, 7) is 7.40. The normalized spacial score (nSPS) is 21.5. The zero-order valence-corrected chi connectivity index (χ0v) is 9.42. The molecule has 0 saturated heterocycles. The van der Waals surface area contributed by atoms with E-state index in [4.69, 9.17) is 0 Å². The van der Waals surface area contributed by atoms with E-state index in [1.807, 2.05) is 6.92 Å². The number of esters is 1. The SMILES string of the molecule is C=C(C)C1CC(=O)C(C)=C(C(=O)OC)C1. The Morgan fingerprint density at radius 3 is 2.53 bits per heavy atom. The number of ketones is 1. The van der Waals surface area contributed by atoms with Crippen molar-refractivity contribution < 1.29 is 14.3 Å². The maximum atomic E-state index is 11.6. The Labute approximate surface area is 89.8 Å². The molecule has 1 unspecified atom stereocenters. The van der Waals surface area contributed by atoms with Crippen LogP contribution in [0.3, 0.4) is 0 Å². The van der Waals surface area contributed by atoms with Gasteiger partial charge in [-0.05, 0) is 26.2 Å². The summed E-state index contributed by atoms with van der Waals surface area (Å²) in [5, 5.41) is 0. The number of carbonyl (C=O) groups is 2. The number of carbonyl (C=O) groups excluding carboxylic acids is 2. The van der Waals surface area contributed by atoms with Gasteiger partial charge >= 0.3 is 5.97 Å². The van der Waals surface area contributed by atoms with E-state index in [9.17, 15) is 9.59 Å². The van der Waals surface area contributed by atoms with Gasteiger partial charge in [-0.2, -0.15) is 0 Å². The van der Waals surface area contributed by atoms with Crippen LogP contribution in [-0.4, -0.2) is 18.9 Å². The van der Waals surface area contributed by atoms with Crippen LogP contribution in [0.25, 0.3) is 0 Å². The van der Waals surface area contributed by atoms with Crippen LogP contribution >= 0.6 is 0 Å². The highest BCUT2D eigenvalue weighted by molar-refractivity contribution is 6.04. The minimum absolute atomic E-state index is 0.0228. The number of hydrogen-bond donors (Lipinski definition) is 0. The van der Waals surface area contributed by atoms with Crippen LogP contribution in [0.1, 0.15) is 26.7 Å². The summed E-state index contributed by atoms with van der Waals surface area (Å²) in [7, 11) is 1.33. The number of ether oxygens (including phenoxy) is 1. The maximum absolute atomic E-state index is 11.6. The van der Waals surface area contributed by atoms with E-state index < -0.39 is 5.97 Å². The van der Waals surface area contributed by atoms with Gasteiger partial charge in [0.25, 0.3) is 0 Å². The van der Waals surface area contributed by atoms with Gasteiger partial charge < -0.3 is 4.74 Å². The largest absolute Gasteiger partial charge is 0.466 e. The Balaban J connectivity index is 3.01.